The lowest BCUT2D eigenvalue weighted by Crippen LogP contribution is -2.11. The van der Waals surface area contributed by atoms with Gasteiger partial charge < -0.3 is 11.5 Å². The molecule has 0 aliphatic rings. The van der Waals surface area contributed by atoms with Crippen LogP contribution in [0.3, 0.4) is 0 Å². The maximum atomic E-state index is 7.14. The van der Waals surface area contributed by atoms with Gasteiger partial charge in [-0.3, -0.25) is 5.41 Å². The number of rotatable bonds is 2. The molecule has 0 aliphatic heterocycles. The number of nitrogens with two attached hydrogens (primary N) is 2. The van der Waals surface area contributed by atoms with Gasteiger partial charge in [-0.1, -0.05) is 18.2 Å². The third-order valence-electron chi connectivity index (χ3n) is 1.47. The summed E-state index contributed by atoms with van der Waals surface area (Å²) in [6, 6.07) is 7.37. The lowest BCUT2D eigenvalue weighted by atomic mass is 10.1. The molecule has 0 aromatic heterocycles. The van der Waals surface area contributed by atoms with Crippen LogP contribution in [0.4, 0.5) is 0 Å². The van der Waals surface area contributed by atoms with Crippen LogP contribution >= 0.6 is 12.4 Å². The monoisotopic (exact) mass is 185 g/mol. The molecule has 0 bridgehead atoms. The van der Waals surface area contributed by atoms with Crippen LogP contribution < -0.4 is 11.5 Å². The van der Waals surface area contributed by atoms with E-state index in [1.807, 2.05) is 18.2 Å². The second-order valence-electron chi connectivity index (χ2n) is 2.32. The molecule has 66 valence electrons. The van der Waals surface area contributed by atoms with Crippen molar-refractivity contribution in [3.63, 3.8) is 0 Å². The average molecular weight is 186 g/mol. The second kappa shape index (κ2) is 4.74. The van der Waals surface area contributed by atoms with Crippen LogP contribution in [-0.2, 0) is 6.54 Å². The first-order valence-corrected chi connectivity index (χ1v) is 3.37. The highest BCUT2D eigenvalue weighted by Gasteiger charge is 1.95. The summed E-state index contributed by atoms with van der Waals surface area (Å²) in [6.07, 6.45) is 0. The zero-order valence-corrected chi connectivity index (χ0v) is 7.40. The van der Waals surface area contributed by atoms with E-state index in [4.69, 9.17) is 16.9 Å². The number of hydrogen-bond acceptors (Lipinski definition) is 2. The molecular weight excluding hydrogens is 174 g/mol. The van der Waals surface area contributed by atoms with E-state index in [0.717, 1.165) is 11.1 Å². The molecule has 0 fully saturated rings. The van der Waals surface area contributed by atoms with Crippen LogP contribution in [0.5, 0.6) is 0 Å². The Bertz CT molecular complexity index is 273. The Hall–Kier alpha value is -1.06. The standard InChI is InChI=1S/C8H11N3.ClH/c9-5-6-2-1-3-7(4-6)8(10)11;/h1-4H,5,9H2,(H3,10,11);1H. The minimum atomic E-state index is 0. The Morgan fingerprint density at radius 3 is 2.58 bits per heavy atom. The fourth-order valence-corrected chi connectivity index (χ4v) is 0.866. The van der Waals surface area contributed by atoms with Gasteiger partial charge in [0.2, 0.25) is 0 Å². The quantitative estimate of drug-likeness (QED) is 0.472. The number of halogens is 1. The third-order valence-corrected chi connectivity index (χ3v) is 1.47. The fourth-order valence-electron chi connectivity index (χ4n) is 0.866. The summed E-state index contributed by atoms with van der Waals surface area (Å²) in [5.74, 6) is 0.0836. The van der Waals surface area contributed by atoms with E-state index < -0.39 is 0 Å². The molecule has 0 atom stereocenters. The minimum Gasteiger partial charge on any atom is -0.384 e. The van der Waals surface area contributed by atoms with E-state index in [0.29, 0.717) is 6.54 Å². The van der Waals surface area contributed by atoms with Crippen molar-refractivity contribution in [3.8, 4) is 0 Å². The van der Waals surface area contributed by atoms with Crippen molar-refractivity contribution in [2.75, 3.05) is 0 Å². The molecule has 1 aromatic carbocycles. The summed E-state index contributed by atoms with van der Waals surface area (Å²) in [5, 5.41) is 7.14. The van der Waals surface area contributed by atoms with Crippen molar-refractivity contribution in [1.82, 2.24) is 0 Å². The maximum absolute atomic E-state index is 7.14. The topological polar surface area (TPSA) is 75.9 Å². The zero-order chi connectivity index (χ0) is 8.27. The Morgan fingerprint density at radius 1 is 1.42 bits per heavy atom. The van der Waals surface area contributed by atoms with Crippen molar-refractivity contribution in [2.24, 2.45) is 11.5 Å². The molecule has 5 N–H and O–H groups in total. The molecular formula is C8H12ClN3. The molecule has 0 saturated carbocycles. The van der Waals surface area contributed by atoms with Crippen LogP contribution in [0.15, 0.2) is 24.3 Å². The van der Waals surface area contributed by atoms with Crippen LogP contribution in [-0.4, -0.2) is 5.84 Å². The molecule has 1 aromatic rings. The van der Waals surface area contributed by atoms with Gasteiger partial charge in [-0.25, -0.2) is 0 Å². The Labute approximate surface area is 77.7 Å². The van der Waals surface area contributed by atoms with Crippen molar-refractivity contribution in [3.05, 3.63) is 35.4 Å². The molecule has 1 rings (SSSR count). The van der Waals surface area contributed by atoms with Crippen molar-refractivity contribution in [1.29, 1.82) is 5.41 Å². The van der Waals surface area contributed by atoms with Gasteiger partial charge in [-0.15, -0.1) is 12.4 Å². The van der Waals surface area contributed by atoms with E-state index in [1.54, 1.807) is 6.07 Å². The Kier molecular flexibility index (Phi) is 4.33. The summed E-state index contributed by atoms with van der Waals surface area (Å²) >= 11 is 0. The average Bonchev–Trinajstić information content (AvgIpc) is 2.05. The van der Waals surface area contributed by atoms with E-state index in [9.17, 15) is 0 Å². The fraction of sp³-hybridized carbons (Fsp3) is 0.125. The van der Waals surface area contributed by atoms with E-state index >= 15 is 0 Å². The molecule has 0 heterocycles. The van der Waals surface area contributed by atoms with E-state index in [2.05, 4.69) is 0 Å². The number of nitrogens with one attached hydrogen (secondary N) is 1. The van der Waals surface area contributed by atoms with Gasteiger partial charge in [0, 0.05) is 12.1 Å². The number of benzene rings is 1. The number of hydrogen-bond donors (Lipinski definition) is 3. The summed E-state index contributed by atoms with van der Waals surface area (Å²) < 4.78 is 0. The normalized spacial score (nSPS) is 8.75. The molecule has 12 heavy (non-hydrogen) atoms. The highest BCUT2D eigenvalue weighted by Crippen LogP contribution is 2.02. The molecule has 0 radical (unpaired) electrons. The highest BCUT2D eigenvalue weighted by molar-refractivity contribution is 5.95. The molecule has 0 amide bonds. The van der Waals surface area contributed by atoms with Crippen LogP contribution in [0, 0.1) is 5.41 Å². The smallest absolute Gasteiger partial charge is 0.122 e. The SMILES string of the molecule is Cl.N=C(N)c1cccc(CN)c1. The number of nitrogen functional groups attached to an aromatic ring is 1. The van der Waals surface area contributed by atoms with Gasteiger partial charge in [-0.05, 0) is 11.6 Å². The van der Waals surface area contributed by atoms with Gasteiger partial charge in [0.05, 0.1) is 0 Å². The lowest BCUT2D eigenvalue weighted by Gasteiger charge is -1.99. The molecule has 0 unspecified atom stereocenters. The first-order valence-electron chi connectivity index (χ1n) is 3.37. The summed E-state index contributed by atoms with van der Waals surface area (Å²) in [4.78, 5) is 0. The molecule has 4 heteroatoms. The van der Waals surface area contributed by atoms with Crippen LogP contribution in [0.25, 0.3) is 0 Å². The first-order chi connectivity index (χ1) is 5.24. The van der Waals surface area contributed by atoms with Gasteiger partial charge in [-0.2, -0.15) is 0 Å². The predicted octanol–water partition coefficient (Wildman–Crippen LogP) is 0.851. The lowest BCUT2D eigenvalue weighted by molar-refractivity contribution is 1.07. The molecule has 0 saturated heterocycles. The van der Waals surface area contributed by atoms with Crippen molar-refractivity contribution in [2.45, 2.75) is 6.54 Å². The largest absolute Gasteiger partial charge is 0.384 e. The van der Waals surface area contributed by atoms with Gasteiger partial charge >= 0.3 is 0 Å². The Balaban J connectivity index is 0.00000121. The van der Waals surface area contributed by atoms with Gasteiger partial charge in [0.1, 0.15) is 5.84 Å². The van der Waals surface area contributed by atoms with Gasteiger partial charge in [0.15, 0.2) is 0 Å². The highest BCUT2D eigenvalue weighted by atomic mass is 35.5. The number of amidine groups is 1. The Morgan fingerprint density at radius 2 is 2.08 bits per heavy atom. The summed E-state index contributed by atoms with van der Waals surface area (Å²) in [6.45, 7) is 0.487. The molecule has 3 nitrogen and oxygen atoms in total. The van der Waals surface area contributed by atoms with Gasteiger partial charge in [0.25, 0.3) is 0 Å². The predicted molar refractivity (Wildman–Crippen MR) is 52.6 cm³/mol. The van der Waals surface area contributed by atoms with E-state index in [-0.39, 0.29) is 18.2 Å². The molecule has 0 aliphatic carbocycles. The third kappa shape index (κ3) is 2.53. The zero-order valence-electron chi connectivity index (χ0n) is 6.58. The minimum absolute atomic E-state index is 0. The van der Waals surface area contributed by atoms with Crippen LogP contribution in [0.1, 0.15) is 11.1 Å². The maximum Gasteiger partial charge on any atom is 0.122 e. The van der Waals surface area contributed by atoms with Crippen molar-refractivity contribution < 1.29 is 0 Å². The first kappa shape index (κ1) is 10.9. The second-order valence-corrected chi connectivity index (χ2v) is 2.32. The molecule has 0 spiro atoms. The van der Waals surface area contributed by atoms with Crippen molar-refractivity contribution >= 4 is 18.2 Å². The summed E-state index contributed by atoms with van der Waals surface area (Å²) in [5.41, 5.74) is 12.4. The van der Waals surface area contributed by atoms with Crippen LogP contribution in [0.2, 0.25) is 0 Å². The summed E-state index contributed by atoms with van der Waals surface area (Å²) in [7, 11) is 0. The van der Waals surface area contributed by atoms with E-state index in [1.165, 1.54) is 0 Å².